The summed E-state index contributed by atoms with van der Waals surface area (Å²) in [5, 5.41) is 3.52. The molecular weight excluding hydrogens is 386 g/mol. The van der Waals surface area contributed by atoms with Crippen LogP contribution in [0.5, 0.6) is 5.75 Å². The maximum absolute atomic E-state index is 5.96. The van der Waals surface area contributed by atoms with Crippen LogP contribution in [0.1, 0.15) is 17.7 Å². The molecule has 0 radical (unpaired) electrons. The van der Waals surface area contributed by atoms with Crippen molar-refractivity contribution in [2.45, 2.75) is 31.6 Å². The molecule has 2 aromatic rings. The van der Waals surface area contributed by atoms with Crippen LogP contribution in [-0.4, -0.2) is 63.5 Å². The molecule has 6 nitrogen and oxygen atoms in total. The third kappa shape index (κ3) is 4.91. The van der Waals surface area contributed by atoms with Crippen LogP contribution in [0.25, 0.3) is 10.4 Å². The van der Waals surface area contributed by atoms with E-state index in [1.165, 1.54) is 15.3 Å². The zero-order valence-corrected chi connectivity index (χ0v) is 17.9. The first-order chi connectivity index (χ1) is 14.3. The molecule has 1 N–H and O–H groups in total. The quantitative estimate of drug-likeness (QED) is 0.599. The van der Waals surface area contributed by atoms with Gasteiger partial charge in [0.1, 0.15) is 11.9 Å². The number of methoxy groups -OCH3 is 1. The Morgan fingerprint density at radius 2 is 2.00 bits per heavy atom. The molecule has 2 fully saturated rings. The van der Waals surface area contributed by atoms with Gasteiger partial charge in [0, 0.05) is 36.5 Å². The van der Waals surface area contributed by atoms with Crippen molar-refractivity contribution in [2.24, 2.45) is 4.99 Å². The van der Waals surface area contributed by atoms with Gasteiger partial charge in [-0.05, 0) is 54.8 Å². The van der Waals surface area contributed by atoms with E-state index >= 15 is 0 Å². The van der Waals surface area contributed by atoms with Crippen LogP contribution < -0.4 is 10.1 Å². The van der Waals surface area contributed by atoms with E-state index in [-0.39, 0.29) is 12.2 Å². The molecule has 2 aliphatic heterocycles. The summed E-state index contributed by atoms with van der Waals surface area (Å²) in [7, 11) is 3.53. The number of nitrogens with one attached hydrogen (secondary N) is 1. The van der Waals surface area contributed by atoms with Crippen LogP contribution in [0.2, 0.25) is 0 Å². The lowest BCUT2D eigenvalue weighted by molar-refractivity contribution is -0.0817. The minimum Gasteiger partial charge on any atom is -0.497 e. The van der Waals surface area contributed by atoms with Crippen molar-refractivity contribution in [1.82, 2.24) is 10.2 Å². The Kier molecular flexibility index (Phi) is 6.69. The largest absolute Gasteiger partial charge is 0.497 e. The van der Waals surface area contributed by atoms with E-state index in [0.717, 1.165) is 50.8 Å². The molecule has 0 amide bonds. The maximum Gasteiger partial charge on any atom is 0.194 e. The second-order valence-electron chi connectivity index (χ2n) is 7.30. The van der Waals surface area contributed by atoms with E-state index in [2.05, 4.69) is 39.5 Å². The highest BCUT2D eigenvalue weighted by Gasteiger charge is 2.32. The average Bonchev–Trinajstić information content (AvgIpc) is 3.47. The second kappa shape index (κ2) is 9.61. The molecular formula is C22H29N3O3S. The molecule has 0 aliphatic carbocycles. The first kappa shape index (κ1) is 20.2. The number of guanidine groups is 1. The molecule has 1 aromatic heterocycles. The topological polar surface area (TPSA) is 55.3 Å². The Balaban J connectivity index is 1.34. The summed E-state index contributed by atoms with van der Waals surface area (Å²) in [6.07, 6.45) is 2.58. The van der Waals surface area contributed by atoms with Gasteiger partial charge in [-0.3, -0.25) is 4.99 Å². The number of aliphatic imine (C=N–C) groups is 1. The van der Waals surface area contributed by atoms with Gasteiger partial charge in [0.2, 0.25) is 0 Å². The van der Waals surface area contributed by atoms with Crippen LogP contribution >= 0.6 is 11.3 Å². The van der Waals surface area contributed by atoms with Gasteiger partial charge >= 0.3 is 0 Å². The first-order valence-electron chi connectivity index (χ1n) is 10.2. The smallest absolute Gasteiger partial charge is 0.194 e. The number of thiophene rings is 1. The Hall–Kier alpha value is -2.09. The van der Waals surface area contributed by atoms with Crippen LogP contribution in [0.4, 0.5) is 0 Å². The molecule has 156 valence electrons. The fourth-order valence-corrected chi connectivity index (χ4v) is 4.82. The Bertz CT molecular complexity index is 815. The fraction of sp³-hybridized carbons (Fsp3) is 0.500. The molecule has 4 rings (SSSR count). The van der Waals surface area contributed by atoms with Crippen molar-refractivity contribution < 1.29 is 14.2 Å². The summed E-state index contributed by atoms with van der Waals surface area (Å²) in [5.74, 6) is 1.80. The van der Waals surface area contributed by atoms with E-state index in [1.807, 2.05) is 19.2 Å². The third-order valence-corrected chi connectivity index (χ3v) is 6.58. The van der Waals surface area contributed by atoms with E-state index in [0.29, 0.717) is 6.61 Å². The number of hydrogen-bond acceptors (Lipinski definition) is 5. The normalized spacial score (nSPS) is 22.7. The van der Waals surface area contributed by atoms with Crippen LogP contribution in [-0.2, 0) is 16.0 Å². The van der Waals surface area contributed by atoms with Gasteiger partial charge in [-0.15, -0.1) is 11.3 Å². The number of nitrogens with zero attached hydrogens (tertiary/aromatic N) is 2. The summed E-state index contributed by atoms with van der Waals surface area (Å²) >= 11 is 1.80. The summed E-state index contributed by atoms with van der Waals surface area (Å²) in [6.45, 7) is 4.00. The second-order valence-corrected chi connectivity index (χ2v) is 8.47. The number of ether oxygens (including phenoxy) is 3. The molecule has 2 atom stereocenters. The van der Waals surface area contributed by atoms with E-state index in [9.17, 15) is 0 Å². The maximum atomic E-state index is 5.96. The number of hydrogen-bond donors (Lipinski definition) is 1. The zero-order valence-electron chi connectivity index (χ0n) is 17.1. The van der Waals surface area contributed by atoms with Crippen molar-refractivity contribution in [2.75, 3.05) is 40.5 Å². The summed E-state index contributed by atoms with van der Waals surface area (Å²) in [4.78, 5) is 9.32. The molecule has 29 heavy (non-hydrogen) atoms. The van der Waals surface area contributed by atoms with E-state index in [4.69, 9.17) is 14.2 Å². The third-order valence-electron chi connectivity index (χ3n) is 5.44. The van der Waals surface area contributed by atoms with Crippen molar-refractivity contribution in [1.29, 1.82) is 0 Å². The van der Waals surface area contributed by atoms with Gasteiger partial charge < -0.3 is 24.4 Å². The average molecular weight is 416 g/mol. The summed E-state index contributed by atoms with van der Waals surface area (Å²) < 4.78 is 17.0. The van der Waals surface area contributed by atoms with Gasteiger partial charge in [0.05, 0.1) is 26.4 Å². The van der Waals surface area contributed by atoms with E-state index in [1.54, 1.807) is 18.4 Å². The monoisotopic (exact) mass is 415 g/mol. The lowest BCUT2D eigenvalue weighted by atomic mass is 10.1. The Labute approximate surface area is 176 Å². The van der Waals surface area contributed by atoms with Gasteiger partial charge in [-0.2, -0.15) is 0 Å². The highest BCUT2D eigenvalue weighted by atomic mass is 32.1. The molecule has 2 unspecified atom stereocenters. The summed E-state index contributed by atoms with van der Waals surface area (Å²) in [5.41, 5.74) is 1.21. The minimum absolute atomic E-state index is 0.133. The fourth-order valence-electron chi connectivity index (χ4n) is 3.87. The molecule has 3 heterocycles. The van der Waals surface area contributed by atoms with Crippen LogP contribution in [0, 0.1) is 0 Å². The highest BCUT2D eigenvalue weighted by molar-refractivity contribution is 7.15. The lowest BCUT2D eigenvalue weighted by Crippen LogP contribution is -2.53. The highest BCUT2D eigenvalue weighted by Crippen LogP contribution is 2.29. The first-order valence-corrected chi connectivity index (χ1v) is 11.0. The van der Waals surface area contributed by atoms with Crippen molar-refractivity contribution >= 4 is 17.3 Å². The predicted octanol–water partition coefficient (Wildman–Crippen LogP) is 3.38. The molecule has 2 saturated heterocycles. The SMILES string of the molecule is CN=C(NCc1ccc(-c2ccc(OC)cc2)s1)N1CCOC(C2CCCO2)C1. The molecule has 0 bridgehead atoms. The van der Waals surface area contributed by atoms with Crippen molar-refractivity contribution in [3.63, 3.8) is 0 Å². The van der Waals surface area contributed by atoms with Crippen molar-refractivity contribution in [3.8, 4) is 16.2 Å². The molecule has 0 spiro atoms. The Morgan fingerprint density at radius 1 is 1.17 bits per heavy atom. The molecule has 7 heteroatoms. The van der Waals surface area contributed by atoms with Gasteiger partial charge in [0.15, 0.2) is 5.96 Å². The number of rotatable bonds is 5. The molecule has 1 aromatic carbocycles. The molecule has 0 saturated carbocycles. The number of morpholine rings is 1. The van der Waals surface area contributed by atoms with Crippen LogP contribution in [0.15, 0.2) is 41.4 Å². The summed E-state index contributed by atoms with van der Waals surface area (Å²) in [6, 6.07) is 12.5. The van der Waals surface area contributed by atoms with Gasteiger partial charge in [0.25, 0.3) is 0 Å². The van der Waals surface area contributed by atoms with E-state index < -0.39 is 0 Å². The van der Waals surface area contributed by atoms with Gasteiger partial charge in [-0.1, -0.05) is 0 Å². The lowest BCUT2D eigenvalue weighted by Gasteiger charge is -2.37. The van der Waals surface area contributed by atoms with Crippen molar-refractivity contribution in [3.05, 3.63) is 41.3 Å². The zero-order chi connectivity index (χ0) is 20.1. The number of benzene rings is 1. The predicted molar refractivity (Wildman–Crippen MR) is 117 cm³/mol. The van der Waals surface area contributed by atoms with Crippen LogP contribution in [0.3, 0.4) is 0 Å². The Morgan fingerprint density at radius 3 is 2.72 bits per heavy atom. The molecule has 2 aliphatic rings. The minimum atomic E-state index is 0.133. The van der Waals surface area contributed by atoms with Gasteiger partial charge in [-0.25, -0.2) is 0 Å². The standard InChI is InChI=1S/C22H29N3O3S/c1-23-22(25-11-13-28-20(15-25)19-4-3-12-27-19)24-14-18-9-10-21(29-18)16-5-7-17(26-2)8-6-16/h5-10,19-20H,3-4,11-15H2,1-2H3,(H,23,24).